The molecule has 0 radical (unpaired) electrons. The van der Waals surface area contributed by atoms with Gasteiger partial charge < -0.3 is 8.92 Å². The van der Waals surface area contributed by atoms with E-state index in [4.69, 9.17) is 30.3 Å². The minimum Gasteiger partial charge on any atom is -0.426 e. The monoisotopic (exact) mass is 612 g/mol. The lowest BCUT2D eigenvalue weighted by Crippen LogP contribution is -2.12. The Morgan fingerprint density at radius 3 is 1.63 bits per heavy atom. The van der Waals surface area contributed by atoms with Crippen LogP contribution in [0.25, 0.3) is 32.3 Å². The van der Waals surface area contributed by atoms with Crippen molar-refractivity contribution in [3.63, 3.8) is 0 Å². The molecule has 0 amide bonds. The van der Waals surface area contributed by atoms with Gasteiger partial charge in [0.25, 0.3) is 18.1 Å². The standard InChI is InChI=1S/C24H14Cl2O9S3/c1-13(27)34-19-11-22(38(32,33)35-14-5-3-2-4-6-14)18-10-9-17-21(37(26,30)31)12-20(36(25,28)29)16-8-7-15(19)23(18)24(16)17/h2-12H,1H3. The summed E-state index contributed by atoms with van der Waals surface area (Å²) in [5.74, 6) is -0.928. The van der Waals surface area contributed by atoms with Crippen LogP contribution in [0.5, 0.6) is 11.5 Å². The summed E-state index contributed by atoms with van der Waals surface area (Å²) in [4.78, 5) is 10.4. The van der Waals surface area contributed by atoms with Gasteiger partial charge in [-0.2, -0.15) is 8.42 Å². The predicted octanol–water partition coefficient (Wildman–Crippen LogP) is 5.13. The van der Waals surface area contributed by atoms with Crippen LogP contribution in [-0.4, -0.2) is 31.2 Å². The Morgan fingerprint density at radius 2 is 1.13 bits per heavy atom. The van der Waals surface area contributed by atoms with E-state index in [1.807, 2.05) is 0 Å². The van der Waals surface area contributed by atoms with Crippen LogP contribution < -0.4 is 8.92 Å². The molecule has 14 heteroatoms. The second-order valence-corrected chi connectivity index (χ2v) is 14.7. The third kappa shape index (κ3) is 4.52. The van der Waals surface area contributed by atoms with Gasteiger partial charge in [-0.1, -0.05) is 36.4 Å². The molecule has 5 aromatic rings. The Bertz CT molecular complexity index is 2060. The molecule has 0 spiro atoms. The van der Waals surface area contributed by atoms with Crippen LogP contribution in [0.1, 0.15) is 6.92 Å². The number of benzene rings is 5. The molecule has 196 valence electrons. The normalized spacial score (nSPS) is 12.8. The third-order valence-electron chi connectivity index (χ3n) is 5.74. The van der Waals surface area contributed by atoms with E-state index in [2.05, 4.69) is 0 Å². The predicted molar refractivity (Wildman–Crippen MR) is 142 cm³/mol. The zero-order valence-electron chi connectivity index (χ0n) is 19.0. The molecule has 9 nitrogen and oxygen atoms in total. The molecule has 0 atom stereocenters. The van der Waals surface area contributed by atoms with Gasteiger partial charge >= 0.3 is 16.1 Å². The quantitative estimate of drug-likeness (QED) is 0.0839. The van der Waals surface area contributed by atoms with E-state index in [-0.39, 0.29) is 43.8 Å². The highest BCUT2D eigenvalue weighted by molar-refractivity contribution is 8.14. The Hall–Kier alpha value is -3.16. The first-order valence-corrected chi connectivity index (χ1v) is 16.6. The molecule has 5 aromatic carbocycles. The number of para-hydroxylation sites is 1. The largest absolute Gasteiger partial charge is 0.426 e. The smallest absolute Gasteiger partial charge is 0.339 e. The van der Waals surface area contributed by atoms with Crippen molar-refractivity contribution in [3.8, 4) is 11.5 Å². The number of esters is 1. The summed E-state index contributed by atoms with van der Waals surface area (Å²) < 4.78 is 87.2. The van der Waals surface area contributed by atoms with Gasteiger partial charge in [0.1, 0.15) is 16.4 Å². The van der Waals surface area contributed by atoms with Crippen molar-refractivity contribution < 1.29 is 39.0 Å². The second kappa shape index (κ2) is 8.95. The molecule has 5 rings (SSSR count). The first-order valence-electron chi connectivity index (χ1n) is 10.5. The minimum absolute atomic E-state index is 0.00414. The lowest BCUT2D eigenvalue weighted by Gasteiger charge is -2.19. The maximum atomic E-state index is 13.4. The van der Waals surface area contributed by atoms with E-state index >= 15 is 0 Å². The molecule has 0 N–H and O–H groups in total. The molecule has 0 saturated heterocycles. The topological polar surface area (TPSA) is 138 Å². The van der Waals surface area contributed by atoms with E-state index in [1.165, 1.54) is 36.4 Å². The number of halogens is 2. The number of hydrogen-bond acceptors (Lipinski definition) is 9. The molecule has 38 heavy (non-hydrogen) atoms. The first kappa shape index (κ1) is 26.4. The summed E-state index contributed by atoms with van der Waals surface area (Å²) in [5, 5.41) is 0.388. The van der Waals surface area contributed by atoms with Gasteiger partial charge in [0.2, 0.25) is 0 Å². The highest BCUT2D eigenvalue weighted by atomic mass is 35.7. The molecule has 0 bridgehead atoms. The maximum Gasteiger partial charge on any atom is 0.339 e. The lowest BCUT2D eigenvalue weighted by atomic mass is 9.93. The van der Waals surface area contributed by atoms with Gasteiger partial charge in [-0.25, -0.2) is 16.8 Å². The van der Waals surface area contributed by atoms with Crippen LogP contribution in [0.4, 0.5) is 0 Å². The van der Waals surface area contributed by atoms with Crippen LogP contribution in [-0.2, 0) is 33.0 Å². The summed E-state index contributed by atoms with van der Waals surface area (Å²) in [6.07, 6.45) is 0. The van der Waals surface area contributed by atoms with E-state index in [0.29, 0.717) is 0 Å². The van der Waals surface area contributed by atoms with Crippen LogP contribution in [0.15, 0.2) is 81.4 Å². The van der Waals surface area contributed by atoms with Crippen LogP contribution in [0.3, 0.4) is 0 Å². The van der Waals surface area contributed by atoms with Crippen molar-refractivity contribution in [1.82, 2.24) is 0 Å². The van der Waals surface area contributed by atoms with Gasteiger partial charge in [0.15, 0.2) is 0 Å². The molecule has 0 saturated carbocycles. The van der Waals surface area contributed by atoms with E-state index < -0.39 is 48.9 Å². The van der Waals surface area contributed by atoms with Crippen molar-refractivity contribution in [2.45, 2.75) is 21.6 Å². The molecule has 0 aliphatic rings. The summed E-state index contributed by atoms with van der Waals surface area (Å²) in [6.45, 7) is 1.11. The van der Waals surface area contributed by atoms with Gasteiger partial charge in [-0.15, -0.1) is 0 Å². The second-order valence-electron chi connectivity index (χ2n) is 8.14. The Labute approximate surface area is 225 Å². The summed E-state index contributed by atoms with van der Waals surface area (Å²) in [6, 6.07) is 15.0. The van der Waals surface area contributed by atoms with Crippen molar-refractivity contribution in [3.05, 3.63) is 66.7 Å². The van der Waals surface area contributed by atoms with Crippen molar-refractivity contribution >= 4 is 87.9 Å². The average molecular weight is 613 g/mol. The van der Waals surface area contributed by atoms with E-state index in [9.17, 15) is 30.0 Å². The number of hydrogen-bond donors (Lipinski definition) is 0. The zero-order chi connectivity index (χ0) is 27.6. The molecule has 0 aliphatic carbocycles. The summed E-state index contributed by atoms with van der Waals surface area (Å²) in [5.41, 5.74) is 0. The zero-order valence-corrected chi connectivity index (χ0v) is 23.0. The van der Waals surface area contributed by atoms with Crippen molar-refractivity contribution in [1.29, 1.82) is 0 Å². The first-order chi connectivity index (χ1) is 17.7. The highest BCUT2D eigenvalue weighted by Crippen LogP contribution is 2.46. The number of rotatable bonds is 6. The molecule has 0 aliphatic heterocycles. The minimum atomic E-state index is -4.55. The van der Waals surface area contributed by atoms with Gasteiger partial charge in [0, 0.05) is 66.7 Å². The molecule has 0 fully saturated rings. The fourth-order valence-corrected chi connectivity index (χ4v) is 7.73. The average Bonchev–Trinajstić information content (AvgIpc) is 2.81. The maximum absolute atomic E-state index is 13.4. The summed E-state index contributed by atoms with van der Waals surface area (Å²) >= 11 is 0. The Balaban J connectivity index is 2.00. The highest BCUT2D eigenvalue weighted by Gasteiger charge is 2.29. The molecule has 0 aromatic heterocycles. The van der Waals surface area contributed by atoms with Gasteiger partial charge in [0.05, 0.1) is 9.79 Å². The Morgan fingerprint density at radius 1 is 0.658 bits per heavy atom. The fraction of sp³-hybridized carbons (Fsp3) is 0.0417. The Kier molecular flexibility index (Phi) is 6.23. The van der Waals surface area contributed by atoms with Gasteiger partial charge in [-0.05, 0) is 24.3 Å². The lowest BCUT2D eigenvalue weighted by molar-refractivity contribution is -0.131. The van der Waals surface area contributed by atoms with Gasteiger partial charge in [-0.3, -0.25) is 4.79 Å². The van der Waals surface area contributed by atoms with Crippen LogP contribution in [0.2, 0.25) is 0 Å². The fourth-order valence-electron chi connectivity index (χ4n) is 4.36. The molecular weight excluding hydrogens is 599 g/mol. The van der Waals surface area contributed by atoms with Crippen molar-refractivity contribution in [2.24, 2.45) is 0 Å². The SMILES string of the molecule is CC(=O)Oc1cc(S(=O)(=O)Oc2ccccc2)c2ccc3c(S(=O)(=O)Cl)cc(S(=O)(=O)Cl)c4ccc1c2c43. The molecular formula is C24H14Cl2O9S3. The number of ether oxygens (including phenoxy) is 1. The van der Waals surface area contributed by atoms with Crippen LogP contribution >= 0.6 is 21.4 Å². The molecule has 0 unspecified atom stereocenters. The number of carbonyl (C=O) groups excluding carboxylic acids is 1. The van der Waals surface area contributed by atoms with Crippen LogP contribution in [0, 0.1) is 0 Å². The summed E-state index contributed by atoms with van der Waals surface area (Å²) in [7, 11) is -2.26. The van der Waals surface area contributed by atoms with E-state index in [1.54, 1.807) is 18.2 Å². The number of carbonyl (C=O) groups is 1. The molecule has 0 heterocycles. The van der Waals surface area contributed by atoms with Crippen molar-refractivity contribution in [2.75, 3.05) is 0 Å². The van der Waals surface area contributed by atoms with E-state index in [0.717, 1.165) is 19.1 Å². The third-order valence-corrected chi connectivity index (χ3v) is 9.76.